The van der Waals surface area contributed by atoms with Crippen molar-refractivity contribution in [1.82, 2.24) is 14.7 Å². The Morgan fingerprint density at radius 1 is 1.33 bits per heavy atom. The molecule has 0 saturated carbocycles. The highest BCUT2D eigenvalue weighted by Crippen LogP contribution is 2.08. The van der Waals surface area contributed by atoms with Crippen LogP contribution in [0.2, 0.25) is 0 Å². The van der Waals surface area contributed by atoms with Gasteiger partial charge in [0.05, 0.1) is 0 Å². The summed E-state index contributed by atoms with van der Waals surface area (Å²) < 4.78 is 1.11. The van der Waals surface area contributed by atoms with Gasteiger partial charge >= 0.3 is 6.03 Å². The summed E-state index contributed by atoms with van der Waals surface area (Å²) in [7, 11) is 0. The van der Waals surface area contributed by atoms with Crippen LogP contribution in [0.4, 0.5) is 4.79 Å². The van der Waals surface area contributed by atoms with Crippen LogP contribution in [0.15, 0.2) is 11.0 Å². The smallest absolute Gasteiger partial charge is 0.323 e. The topological polar surface area (TPSA) is 58.1 Å². The maximum Gasteiger partial charge on any atom is 0.346 e. The predicted octanol–water partition coefficient (Wildman–Crippen LogP) is 2.39. The van der Waals surface area contributed by atoms with Gasteiger partial charge in [-0.15, -0.1) is 0 Å². The van der Waals surface area contributed by atoms with E-state index in [-0.39, 0.29) is 17.5 Å². The van der Waals surface area contributed by atoms with Crippen molar-refractivity contribution >= 4 is 6.03 Å². The van der Waals surface area contributed by atoms with Gasteiger partial charge in [0.15, 0.2) is 0 Å². The minimum absolute atomic E-state index is 0.119. The lowest BCUT2D eigenvalue weighted by Crippen LogP contribution is -2.40. The Kier molecular flexibility index (Phi) is 5.19. The van der Waals surface area contributed by atoms with Crippen LogP contribution in [-0.2, 0) is 0 Å². The second-order valence-corrected chi connectivity index (χ2v) is 4.79. The van der Waals surface area contributed by atoms with Crippen LogP contribution in [0.3, 0.4) is 0 Å². The summed E-state index contributed by atoms with van der Waals surface area (Å²) in [4.78, 5) is 26.0. The molecule has 0 aliphatic rings. The molecule has 18 heavy (non-hydrogen) atoms. The summed E-state index contributed by atoms with van der Waals surface area (Å²) in [5.41, 5.74) is 0.420. The highest BCUT2D eigenvalue weighted by molar-refractivity contribution is 5.76. The largest absolute Gasteiger partial charge is 0.346 e. The summed E-state index contributed by atoms with van der Waals surface area (Å²) in [5, 5.41) is 2.77. The zero-order chi connectivity index (χ0) is 13.7. The van der Waals surface area contributed by atoms with E-state index in [9.17, 15) is 9.59 Å². The van der Waals surface area contributed by atoms with E-state index in [4.69, 9.17) is 0 Å². The molecule has 0 atom stereocenters. The second-order valence-electron chi connectivity index (χ2n) is 4.79. The second kappa shape index (κ2) is 6.42. The Balaban J connectivity index is 2.98. The van der Waals surface area contributed by atoms with Gasteiger partial charge in [-0.3, -0.25) is 9.89 Å². The van der Waals surface area contributed by atoms with Gasteiger partial charge in [0.25, 0.3) is 5.56 Å². The van der Waals surface area contributed by atoms with Crippen LogP contribution < -0.4 is 5.56 Å². The summed E-state index contributed by atoms with van der Waals surface area (Å²) in [6.07, 6.45) is 3.40. The number of rotatable bonds is 5. The van der Waals surface area contributed by atoms with E-state index in [1.165, 1.54) is 0 Å². The quantitative estimate of drug-likeness (QED) is 0.876. The van der Waals surface area contributed by atoms with E-state index >= 15 is 0 Å². The molecule has 0 spiro atoms. The molecule has 0 fully saturated rings. The van der Waals surface area contributed by atoms with Crippen LogP contribution in [0.25, 0.3) is 0 Å². The normalized spacial score (nSPS) is 10.9. The SMILES string of the molecule is CCCN(CCC)C(=O)n1[nH]cc(C(C)C)c1=O. The van der Waals surface area contributed by atoms with Crippen molar-refractivity contribution in [2.24, 2.45) is 0 Å². The van der Waals surface area contributed by atoms with E-state index in [1.54, 1.807) is 11.1 Å². The average Bonchev–Trinajstić information content (AvgIpc) is 2.70. The summed E-state index contributed by atoms with van der Waals surface area (Å²) in [5.74, 6) is 0.119. The van der Waals surface area contributed by atoms with E-state index < -0.39 is 0 Å². The molecule has 5 nitrogen and oxygen atoms in total. The lowest BCUT2D eigenvalue weighted by atomic mass is 10.1. The standard InChI is InChI=1S/C13H23N3O2/c1-5-7-15(8-6-2)13(18)16-12(17)11(9-14-16)10(3)4/h9-10,14H,5-8H2,1-4H3. The van der Waals surface area contributed by atoms with Crippen molar-refractivity contribution in [2.45, 2.75) is 46.5 Å². The highest BCUT2D eigenvalue weighted by atomic mass is 16.2. The Morgan fingerprint density at radius 2 is 1.89 bits per heavy atom. The number of hydrogen-bond acceptors (Lipinski definition) is 2. The molecule has 0 unspecified atom stereocenters. The van der Waals surface area contributed by atoms with Gasteiger partial charge < -0.3 is 4.90 Å². The molecule has 0 radical (unpaired) electrons. The number of H-pyrrole nitrogens is 1. The first-order chi connectivity index (χ1) is 8.52. The van der Waals surface area contributed by atoms with Crippen molar-refractivity contribution in [1.29, 1.82) is 0 Å². The summed E-state index contributed by atoms with van der Waals surface area (Å²) in [6.45, 7) is 9.27. The zero-order valence-corrected chi connectivity index (χ0v) is 11.7. The number of hydrogen-bond donors (Lipinski definition) is 1. The number of aromatic nitrogens is 2. The van der Waals surface area contributed by atoms with Gasteiger partial charge in [-0.2, -0.15) is 4.68 Å². The number of carbonyl (C=O) groups is 1. The molecule has 1 amide bonds. The molecular weight excluding hydrogens is 230 g/mol. The molecule has 5 heteroatoms. The van der Waals surface area contributed by atoms with Crippen molar-refractivity contribution in [2.75, 3.05) is 13.1 Å². The van der Waals surface area contributed by atoms with Crippen LogP contribution in [0.5, 0.6) is 0 Å². The molecule has 1 aromatic heterocycles. The number of aromatic amines is 1. The van der Waals surface area contributed by atoms with Gasteiger partial charge in [0.2, 0.25) is 0 Å². The number of amides is 1. The predicted molar refractivity (Wildman–Crippen MR) is 72.1 cm³/mol. The minimum Gasteiger partial charge on any atom is -0.323 e. The van der Waals surface area contributed by atoms with Gasteiger partial charge in [-0.25, -0.2) is 4.79 Å². The maximum atomic E-state index is 12.2. The summed E-state index contributed by atoms with van der Waals surface area (Å²) in [6, 6.07) is -0.254. The first kappa shape index (κ1) is 14.5. The molecule has 0 bridgehead atoms. The Bertz CT molecular complexity index is 439. The van der Waals surface area contributed by atoms with Crippen molar-refractivity contribution in [3.05, 3.63) is 22.1 Å². The fourth-order valence-electron chi connectivity index (χ4n) is 1.92. The maximum absolute atomic E-state index is 12.2. The van der Waals surface area contributed by atoms with Gasteiger partial charge in [-0.1, -0.05) is 27.7 Å². The van der Waals surface area contributed by atoms with E-state index in [2.05, 4.69) is 5.10 Å². The highest BCUT2D eigenvalue weighted by Gasteiger charge is 2.19. The lowest BCUT2D eigenvalue weighted by molar-refractivity contribution is 0.195. The molecular formula is C13H23N3O2. The molecule has 0 aromatic carbocycles. The third kappa shape index (κ3) is 3.03. The molecule has 0 aliphatic carbocycles. The van der Waals surface area contributed by atoms with Crippen molar-refractivity contribution in [3.8, 4) is 0 Å². The van der Waals surface area contributed by atoms with Crippen LogP contribution in [0, 0.1) is 0 Å². The van der Waals surface area contributed by atoms with Crippen molar-refractivity contribution < 1.29 is 4.79 Å². The van der Waals surface area contributed by atoms with Crippen LogP contribution in [0.1, 0.15) is 52.0 Å². The Hall–Kier alpha value is -1.52. The molecule has 0 saturated heterocycles. The monoisotopic (exact) mass is 253 g/mol. The minimum atomic E-state index is -0.254. The molecule has 1 N–H and O–H groups in total. The zero-order valence-electron chi connectivity index (χ0n) is 11.7. The van der Waals surface area contributed by atoms with Crippen molar-refractivity contribution in [3.63, 3.8) is 0 Å². The van der Waals surface area contributed by atoms with Crippen LogP contribution in [-0.4, -0.2) is 33.8 Å². The Morgan fingerprint density at radius 3 is 2.28 bits per heavy atom. The molecule has 1 rings (SSSR count). The Labute approximate surface area is 108 Å². The molecule has 102 valence electrons. The number of nitrogens with zero attached hydrogens (tertiary/aromatic N) is 2. The molecule has 1 heterocycles. The number of nitrogens with one attached hydrogen (secondary N) is 1. The fourth-order valence-corrected chi connectivity index (χ4v) is 1.92. The number of carbonyl (C=O) groups excluding carboxylic acids is 1. The van der Waals surface area contributed by atoms with Gasteiger partial charge in [0.1, 0.15) is 0 Å². The van der Waals surface area contributed by atoms with Gasteiger partial charge in [0, 0.05) is 24.8 Å². The fraction of sp³-hybridized carbons (Fsp3) is 0.692. The lowest BCUT2D eigenvalue weighted by Gasteiger charge is -2.20. The summed E-state index contributed by atoms with van der Waals surface area (Å²) >= 11 is 0. The van der Waals surface area contributed by atoms with E-state index in [0.717, 1.165) is 17.5 Å². The van der Waals surface area contributed by atoms with E-state index in [0.29, 0.717) is 18.7 Å². The molecule has 0 aliphatic heterocycles. The third-order valence-corrected chi connectivity index (χ3v) is 2.87. The third-order valence-electron chi connectivity index (χ3n) is 2.87. The molecule has 1 aromatic rings. The van der Waals surface area contributed by atoms with Crippen LogP contribution >= 0.6 is 0 Å². The average molecular weight is 253 g/mol. The van der Waals surface area contributed by atoms with Gasteiger partial charge in [-0.05, 0) is 18.8 Å². The first-order valence-electron chi connectivity index (χ1n) is 6.62. The van der Waals surface area contributed by atoms with E-state index in [1.807, 2.05) is 27.7 Å². The first-order valence-corrected chi connectivity index (χ1v) is 6.62.